The lowest BCUT2D eigenvalue weighted by Gasteiger charge is -2.48. The molecule has 0 fully saturated rings. The molecule has 0 amide bonds. The van der Waals surface area contributed by atoms with Crippen LogP contribution in [0.2, 0.25) is 0 Å². The maximum Gasteiger partial charge on any atom is 0.0845 e. The van der Waals surface area contributed by atoms with Gasteiger partial charge in [-0.2, -0.15) is 0 Å². The van der Waals surface area contributed by atoms with Crippen molar-refractivity contribution in [2.75, 3.05) is 22.2 Å². The Morgan fingerprint density at radius 1 is 0.923 bits per heavy atom. The monoisotopic (exact) mass is 397 g/mol. The quantitative estimate of drug-likeness (QED) is 0.634. The average Bonchev–Trinajstić information content (AvgIpc) is 2.83. The van der Waals surface area contributed by atoms with Crippen LogP contribution in [0, 0.1) is 0 Å². The van der Waals surface area contributed by atoms with E-state index in [4.69, 9.17) is 0 Å². The minimum atomic E-state index is -3.13. The van der Waals surface area contributed by atoms with Gasteiger partial charge in [-0.15, -0.1) is 12.4 Å². The van der Waals surface area contributed by atoms with Crippen molar-refractivity contribution in [1.82, 2.24) is 5.32 Å². The van der Waals surface area contributed by atoms with Gasteiger partial charge in [0.15, 0.2) is 0 Å². The van der Waals surface area contributed by atoms with Crippen molar-refractivity contribution in [2.24, 2.45) is 0 Å². The van der Waals surface area contributed by atoms with E-state index >= 15 is 0 Å². The highest BCUT2D eigenvalue weighted by Crippen LogP contribution is 2.65. The third kappa shape index (κ3) is 3.66. The second kappa shape index (κ2) is 8.50. The second-order valence-corrected chi connectivity index (χ2v) is 8.31. The Kier molecular flexibility index (Phi) is 6.82. The number of hydrogen-bond acceptors (Lipinski definition) is 5. The molecule has 0 radical (unpaired) electrons. The summed E-state index contributed by atoms with van der Waals surface area (Å²) in [7, 11) is -1.21. The predicted molar refractivity (Wildman–Crippen MR) is 114 cm³/mol. The number of anilines is 2. The van der Waals surface area contributed by atoms with Crippen LogP contribution in [0.4, 0.5) is 11.4 Å². The number of nitrogens with zero attached hydrogens (tertiary/aromatic N) is 2. The van der Waals surface area contributed by atoms with E-state index < -0.39 is 11.0 Å². The summed E-state index contributed by atoms with van der Waals surface area (Å²) in [5.41, 5.74) is 2.84. The lowest BCUT2D eigenvalue weighted by Crippen LogP contribution is -2.39. The minimum absolute atomic E-state index is 0. The molecular formula is C19H28ClN3O2S. The zero-order valence-electron chi connectivity index (χ0n) is 15.4. The molecule has 1 atom stereocenters. The SMILES string of the molecule is CNCC[C@H](c1ccccc1)N1c2ccccc2N(C(C)C)S1(O)O.Cl. The molecule has 3 rings (SSSR count). The van der Waals surface area contributed by atoms with Crippen LogP contribution >= 0.6 is 23.4 Å². The molecule has 3 N–H and O–H groups in total. The Bertz CT molecular complexity index is 715. The van der Waals surface area contributed by atoms with Crippen molar-refractivity contribution in [2.45, 2.75) is 32.4 Å². The summed E-state index contributed by atoms with van der Waals surface area (Å²) in [5.74, 6) is 0. The Labute approximate surface area is 164 Å². The average molecular weight is 398 g/mol. The molecule has 0 saturated carbocycles. The number of rotatable bonds is 6. The van der Waals surface area contributed by atoms with E-state index in [1.165, 1.54) is 0 Å². The molecule has 7 heteroatoms. The van der Waals surface area contributed by atoms with Crippen LogP contribution in [0.25, 0.3) is 0 Å². The number of fused-ring (bicyclic) bond motifs is 1. The molecule has 1 aliphatic rings. The van der Waals surface area contributed by atoms with E-state index in [0.29, 0.717) is 0 Å². The van der Waals surface area contributed by atoms with Crippen LogP contribution in [-0.2, 0) is 0 Å². The third-order valence-electron chi connectivity index (χ3n) is 4.49. The van der Waals surface area contributed by atoms with Gasteiger partial charge in [0.25, 0.3) is 0 Å². The first-order valence-electron chi connectivity index (χ1n) is 8.64. The molecule has 0 saturated heterocycles. The van der Waals surface area contributed by atoms with Gasteiger partial charge in [0.2, 0.25) is 0 Å². The van der Waals surface area contributed by atoms with Gasteiger partial charge in [0.1, 0.15) is 0 Å². The van der Waals surface area contributed by atoms with Crippen molar-refractivity contribution in [3.8, 4) is 0 Å². The van der Waals surface area contributed by atoms with Crippen LogP contribution < -0.4 is 13.9 Å². The summed E-state index contributed by atoms with van der Waals surface area (Å²) in [6.45, 7) is 4.76. The topological polar surface area (TPSA) is 59.0 Å². The van der Waals surface area contributed by atoms with Crippen molar-refractivity contribution in [3.63, 3.8) is 0 Å². The highest BCUT2D eigenvalue weighted by molar-refractivity contribution is 8.27. The summed E-state index contributed by atoms with van der Waals surface area (Å²) in [6, 6.07) is 17.8. The molecule has 144 valence electrons. The molecule has 0 aromatic heterocycles. The summed E-state index contributed by atoms with van der Waals surface area (Å²) in [6.07, 6.45) is 0.774. The number of hydrogen-bond donors (Lipinski definition) is 3. The zero-order valence-corrected chi connectivity index (χ0v) is 17.0. The molecule has 26 heavy (non-hydrogen) atoms. The first kappa shape index (κ1) is 20.9. The molecule has 0 bridgehead atoms. The van der Waals surface area contributed by atoms with Gasteiger partial charge in [-0.3, -0.25) is 9.11 Å². The number of halogens is 1. The highest BCUT2D eigenvalue weighted by atomic mass is 35.5. The molecular weight excluding hydrogens is 370 g/mol. The van der Waals surface area contributed by atoms with E-state index in [-0.39, 0.29) is 24.5 Å². The Balaban J connectivity index is 0.00000243. The summed E-state index contributed by atoms with van der Waals surface area (Å²) in [5, 5.41) is 3.18. The maximum atomic E-state index is 11.2. The number of para-hydroxylation sites is 2. The van der Waals surface area contributed by atoms with Crippen LogP contribution in [0.5, 0.6) is 0 Å². The van der Waals surface area contributed by atoms with Crippen LogP contribution in [0.3, 0.4) is 0 Å². The summed E-state index contributed by atoms with van der Waals surface area (Å²) >= 11 is 0. The zero-order chi connectivity index (χ0) is 18.0. The largest absolute Gasteiger partial charge is 0.320 e. The van der Waals surface area contributed by atoms with E-state index in [0.717, 1.165) is 29.9 Å². The molecule has 2 aromatic carbocycles. The smallest absolute Gasteiger partial charge is 0.0845 e. The summed E-state index contributed by atoms with van der Waals surface area (Å²) < 4.78 is 26.0. The lowest BCUT2D eigenvalue weighted by atomic mass is 10.0. The Hall–Kier alpha value is -1.44. The normalized spacial score (nSPS) is 17.6. The molecule has 0 unspecified atom stereocenters. The van der Waals surface area contributed by atoms with Crippen LogP contribution in [0.1, 0.15) is 31.9 Å². The van der Waals surface area contributed by atoms with Gasteiger partial charge < -0.3 is 5.32 Å². The number of benzene rings is 2. The van der Waals surface area contributed by atoms with E-state index in [1.54, 1.807) is 4.31 Å². The highest BCUT2D eigenvalue weighted by Gasteiger charge is 2.45. The third-order valence-corrected chi connectivity index (χ3v) is 6.61. The molecule has 1 heterocycles. The van der Waals surface area contributed by atoms with Crippen molar-refractivity contribution in [1.29, 1.82) is 0 Å². The van der Waals surface area contributed by atoms with Crippen LogP contribution in [-0.4, -0.2) is 28.7 Å². The Morgan fingerprint density at radius 3 is 2.00 bits per heavy atom. The standard InChI is InChI=1S/C19H27N3O2S.ClH/c1-15(2)21-18-11-7-8-12-19(18)22(25(21,23)24)17(13-14-20-3)16-9-5-4-6-10-16;/h4-12,15,17,20,23-24H,13-14H2,1-3H3;1H/t17-;/m1./s1. The maximum absolute atomic E-state index is 11.2. The number of nitrogens with one attached hydrogen (secondary N) is 1. The van der Waals surface area contributed by atoms with Crippen molar-refractivity contribution < 1.29 is 9.11 Å². The molecule has 0 spiro atoms. The first-order chi connectivity index (χ1) is 12.0. The van der Waals surface area contributed by atoms with E-state index in [2.05, 4.69) is 17.4 Å². The van der Waals surface area contributed by atoms with Crippen LogP contribution in [0.15, 0.2) is 54.6 Å². The van der Waals surface area contributed by atoms with Crippen molar-refractivity contribution in [3.05, 3.63) is 60.2 Å². The Morgan fingerprint density at radius 2 is 1.46 bits per heavy atom. The second-order valence-electron chi connectivity index (χ2n) is 6.54. The molecule has 2 aromatic rings. The van der Waals surface area contributed by atoms with Gasteiger partial charge in [-0.05, 0) is 62.5 Å². The summed E-state index contributed by atoms with van der Waals surface area (Å²) in [4.78, 5) is 0. The van der Waals surface area contributed by atoms with Gasteiger partial charge in [-0.25, -0.2) is 8.61 Å². The fourth-order valence-corrected chi connectivity index (χ4v) is 5.63. The minimum Gasteiger partial charge on any atom is -0.320 e. The van der Waals surface area contributed by atoms with Gasteiger partial charge >= 0.3 is 0 Å². The van der Waals surface area contributed by atoms with Gasteiger partial charge in [0.05, 0.1) is 17.4 Å². The fraction of sp³-hybridized carbons (Fsp3) is 0.368. The molecule has 0 aliphatic carbocycles. The van der Waals surface area contributed by atoms with Gasteiger partial charge in [0, 0.05) is 6.04 Å². The molecule has 5 nitrogen and oxygen atoms in total. The molecule has 1 aliphatic heterocycles. The fourth-order valence-electron chi connectivity index (χ4n) is 3.47. The van der Waals surface area contributed by atoms with Gasteiger partial charge in [-0.1, -0.05) is 42.5 Å². The van der Waals surface area contributed by atoms with E-state index in [9.17, 15) is 9.11 Å². The predicted octanol–water partition coefficient (Wildman–Crippen LogP) is 5.07. The van der Waals surface area contributed by atoms with Crippen molar-refractivity contribution >= 4 is 34.7 Å². The lowest BCUT2D eigenvalue weighted by molar-refractivity contribution is 0.462. The van der Waals surface area contributed by atoms with E-state index in [1.807, 2.05) is 67.7 Å². The first-order valence-corrected chi connectivity index (χ1v) is 10.1.